The molecular formula is C12H15. The average Bonchev–Trinajstić information content (AvgIpc) is 2.84. The van der Waals surface area contributed by atoms with Gasteiger partial charge in [0.15, 0.2) is 0 Å². The van der Waals surface area contributed by atoms with Gasteiger partial charge in [0.05, 0.1) is 0 Å². The van der Waals surface area contributed by atoms with Crippen molar-refractivity contribution in [2.24, 2.45) is 11.8 Å². The first-order valence-electron chi connectivity index (χ1n) is 4.69. The lowest BCUT2D eigenvalue weighted by Crippen LogP contribution is -1.91. The van der Waals surface area contributed by atoms with Crippen molar-refractivity contribution < 1.29 is 0 Å². The van der Waals surface area contributed by atoms with Gasteiger partial charge in [0.25, 0.3) is 0 Å². The molecule has 0 bridgehead atoms. The second-order valence-corrected chi connectivity index (χ2v) is 3.95. The molecule has 12 heavy (non-hydrogen) atoms. The molecule has 1 aliphatic rings. The van der Waals surface area contributed by atoms with E-state index in [0.29, 0.717) is 0 Å². The predicted molar refractivity (Wildman–Crippen MR) is 51.8 cm³/mol. The Kier molecular flexibility index (Phi) is 1.92. The molecule has 63 valence electrons. The van der Waals surface area contributed by atoms with Gasteiger partial charge in [-0.3, -0.25) is 0 Å². The van der Waals surface area contributed by atoms with Gasteiger partial charge in [-0.05, 0) is 29.7 Å². The van der Waals surface area contributed by atoms with Gasteiger partial charge >= 0.3 is 0 Å². The van der Waals surface area contributed by atoms with E-state index in [1.54, 1.807) is 0 Å². The molecule has 1 aromatic carbocycles. The van der Waals surface area contributed by atoms with Crippen LogP contribution < -0.4 is 0 Å². The Morgan fingerprint density at radius 3 is 2.25 bits per heavy atom. The summed E-state index contributed by atoms with van der Waals surface area (Å²) in [5, 5.41) is 0. The Labute approximate surface area is 74.6 Å². The summed E-state index contributed by atoms with van der Waals surface area (Å²) in [6.07, 6.45) is 2.44. The fourth-order valence-corrected chi connectivity index (χ4v) is 1.82. The van der Waals surface area contributed by atoms with E-state index >= 15 is 0 Å². The average molecular weight is 159 g/mol. The first-order chi connectivity index (χ1) is 5.79. The van der Waals surface area contributed by atoms with Gasteiger partial charge in [0.2, 0.25) is 0 Å². The summed E-state index contributed by atoms with van der Waals surface area (Å²) < 4.78 is 0. The lowest BCUT2D eigenvalue weighted by Gasteiger charge is -2.02. The highest BCUT2D eigenvalue weighted by Gasteiger charge is 2.40. The summed E-state index contributed by atoms with van der Waals surface area (Å²) in [5.41, 5.74) is 1.48. The van der Waals surface area contributed by atoms with Crippen LogP contribution in [0.2, 0.25) is 0 Å². The molecule has 2 unspecified atom stereocenters. The summed E-state index contributed by atoms with van der Waals surface area (Å²) in [6, 6.07) is 10.8. The van der Waals surface area contributed by atoms with Crippen LogP contribution in [0.25, 0.3) is 0 Å². The summed E-state index contributed by atoms with van der Waals surface area (Å²) in [6.45, 7) is 4.59. The Balaban J connectivity index is 2.06. The third-order valence-electron chi connectivity index (χ3n) is 2.66. The molecule has 1 aromatic rings. The van der Waals surface area contributed by atoms with Crippen LogP contribution in [-0.2, 0) is 0 Å². The zero-order valence-corrected chi connectivity index (χ0v) is 7.70. The summed E-state index contributed by atoms with van der Waals surface area (Å²) in [7, 11) is 0. The molecule has 0 N–H and O–H groups in total. The number of hydrogen-bond acceptors (Lipinski definition) is 0. The molecule has 0 heteroatoms. The summed E-state index contributed by atoms with van der Waals surface area (Å²) >= 11 is 0. The zero-order valence-electron chi connectivity index (χ0n) is 7.70. The lowest BCUT2D eigenvalue weighted by molar-refractivity contribution is 0.560. The SMILES string of the molecule is CC(C)C1[CH]C1c1ccccc1. The minimum atomic E-state index is 0.742. The molecular weight excluding hydrogens is 144 g/mol. The number of benzene rings is 1. The molecule has 0 aromatic heterocycles. The van der Waals surface area contributed by atoms with E-state index in [0.717, 1.165) is 17.8 Å². The van der Waals surface area contributed by atoms with E-state index in [1.165, 1.54) is 5.56 Å². The van der Waals surface area contributed by atoms with Gasteiger partial charge in [-0.25, -0.2) is 0 Å². The number of hydrogen-bond donors (Lipinski definition) is 0. The van der Waals surface area contributed by atoms with E-state index < -0.39 is 0 Å². The van der Waals surface area contributed by atoms with Crippen LogP contribution in [-0.4, -0.2) is 0 Å². The fraction of sp³-hybridized carbons (Fsp3) is 0.417. The van der Waals surface area contributed by atoms with Crippen molar-refractivity contribution in [1.29, 1.82) is 0 Å². The van der Waals surface area contributed by atoms with Crippen molar-refractivity contribution in [3.63, 3.8) is 0 Å². The first kappa shape index (κ1) is 7.85. The third kappa shape index (κ3) is 1.38. The number of rotatable bonds is 2. The topological polar surface area (TPSA) is 0 Å². The van der Waals surface area contributed by atoms with Gasteiger partial charge < -0.3 is 0 Å². The van der Waals surface area contributed by atoms with Gasteiger partial charge in [0.1, 0.15) is 0 Å². The molecule has 0 saturated heterocycles. The van der Waals surface area contributed by atoms with Crippen molar-refractivity contribution in [2.45, 2.75) is 19.8 Å². The van der Waals surface area contributed by atoms with Gasteiger partial charge in [-0.1, -0.05) is 44.2 Å². The highest BCUT2D eigenvalue weighted by Crippen LogP contribution is 2.50. The lowest BCUT2D eigenvalue weighted by atomic mass is 10.0. The maximum atomic E-state index is 2.44. The molecule has 1 saturated carbocycles. The Morgan fingerprint density at radius 1 is 1.08 bits per heavy atom. The molecule has 1 aliphatic carbocycles. The summed E-state index contributed by atoms with van der Waals surface area (Å²) in [4.78, 5) is 0. The standard InChI is InChI=1S/C12H15/c1-9(2)11-8-12(11)10-6-4-3-5-7-10/h3-9,11-12H,1-2H3. The maximum absolute atomic E-state index is 2.44. The fourth-order valence-electron chi connectivity index (χ4n) is 1.82. The first-order valence-corrected chi connectivity index (χ1v) is 4.69. The Morgan fingerprint density at radius 2 is 1.75 bits per heavy atom. The second kappa shape index (κ2) is 2.93. The van der Waals surface area contributed by atoms with Crippen molar-refractivity contribution >= 4 is 0 Å². The van der Waals surface area contributed by atoms with Crippen molar-refractivity contribution in [3.8, 4) is 0 Å². The second-order valence-electron chi connectivity index (χ2n) is 3.95. The molecule has 1 fully saturated rings. The minimum absolute atomic E-state index is 0.742. The largest absolute Gasteiger partial charge is 0.0625 e. The van der Waals surface area contributed by atoms with Crippen LogP contribution in [0.15, 0.2) is 30.3 Å². The minimum Gasteiger partial charge on any atom is -0.0625 e. The van der Waals surface area contributed by atoms with Crippen LogP contribution >= 0.6 is 0 Å². The van der Waals surface area contributed by atoms with E-state index in [-0.39, 0.29) is 0 Å². The van der Waals surface area contributed by atoms with E-state index in [1.807, 2.05) is 0 Å². The van der Waals surface area contributed by atoms with Crippen molar-refractivity contribution in [3.05, 3.63) is 42.3 Å². The van der Waals surface area contributed by atoms with Gasteiger partial charge in [-0.15, -0.1) is 0 Å². The molecule has 2 rings (SSSR count). The molecule has 2 atom stereocenters. The quantitative estimate of drug-likeness (QED) is 0.621. The Bertz CT molecular complexity index is 248. The highest BCUT2D eigenvalue weighted by atomic mass is 14.4. The van der Waals surface area contributed by atoms with Crippen LogP contribution in [0.5, 0.6) is 0 Å². The van der Waals surface area contributed by atoms with Crippen LogP contribution in [0.4, 0.5) is 0 Å². The smallest absolute Gasteiger partial charge is 0.00939 e. The van der Waals surface area contributed by atoms with E-state index in [4.69, 9.17) is 0 Å². The molecule has 0 nitrogen and oxygen atoms in total. The van der Waals surface area contributed by atoms with Gasteiger partial charge in [0, 0.05) is 0 Å². The van der Waals surface area contributed by atoms with Crippen molar-refractivity contribution in [1.82, 2.24) is 0 Å². The predicted octanol–water partition coefficient (Wildman–Crippen LogP) is 3.26. The maximum Gasteiger partial charge on any atom is -0.00939 e. The molecule has 1 radical (unpaired) electrons. The molecule has 0 spiro atoms. The van der Waals surface area contributed by atoms with Crippen LogP contribution in [0, 0.1) is 18.3 Å². The molecule has 0 aliphatic heterocycles. The Hall–Kier alpha value is -0.780. The summed E-state index contributed by atoms with van der Waals surface area (Å²) in [5.74, 6) is 2.37. The zero-order chi connectivity index (χ0) is 8.55. The molecule has 0 amide bonds. The monoisotopic (exact) mass is 159 g/mol. The third-order valence-corrected chi connectivity index (χ3v) is 2.66. The van der Waals surface area contributed by atoms with Crippen molar-refractivity contribution in [2.75, 3.05) is 0 Å². The molecule has 0 heterocycles. The van der Waals surface area contributed by atoms with Gasteiger partial charge in [-0.2, -0.15) is 0 Å². The van der Waals surface area contributed by atoms with E-state index in [2.05, 4.69) is 50.6 Å². The van der Waals surface area contributed by atoms with E-state index in [9.17, 15) is 0 Å². The normalized spacial score (nSPS) is 27.6. The van der Waals surface area contributed by atoms with Crippen LogP contribution in [0.3, 0.4) is 0 Å². The van der Waals surface area contributed by atoms with Crippen LogP contribution in [0.1, 0.15) is 25.3 Å². The highest BCUT2D eigenvalue weighted by molar-refractivity contribution is 5.32.